The standard InChI is InChI=1S/C24H26FN3O/c1-17(2)22-26-13-14-28(22)16-18-5-3-6-21(15-18)27-23(29)24(11-4-12-24)19-7-9-20(25)10-8-19/h3,5-10,13-15,17H,4,11-12,16H2,1-2H3,(H,27,29). The van der Waals surface area contributed by atoms with Crippen molar-refractivity contribution in [2.45, 2.75) is 51.0 Å². The van der Waals surface area contributed by atoms with Gasteiger partial charge < -0.3 is 9.88 Å². The molecular formula is C24H26FN3O. The minimum Gasteiger partial charge on any atom is -0.330 e. The Balaban J connectivity index is 1.52. The van der Waals surface area contributed by atoms with Gasteiger partial charge in [0.25, 0.3) is 0 Å². The predicted octanol–water partition coefficient (Wildman–Crippen LogP) is 5.25. The molecule has 1 amide bonds. The molecule has 0 radical (unpaired) electrons. The van der Waals surface area contributed by atoms with E-state index in [2.05, 4.69) is 34.8 Å². The first kappa shape index (κ1) is 19.4. The summed E-state index contributed by atoms with van der Waals surface area (Å²) in [4.78, 5) is 17.6. The number of imidazole rings is 1. The average molecular weight is 391 g/mol. The second-order valence-corrected chi connectivity index (χ2v) is 8.17. The molecule has 1 aliphatic carbocycles. The molecule has 5 heteroatoms. The Morgan fingerprint density at radius 1 is 1.21 bits per heavy atom. The number of nitrogens with one attached hydrogen (secondary N) is 1. The van der Waals surface area contributed by atoms with Gasteiger partial charge in [0.05, 0.1) is 5.41 Å². The number of carbonyl (C=O) groups is 1. The zero-order chi connectivity index (χ0) is 20.4. The molecule has 1 heterocycles. The molecule has 0 aliphatic heterocycles. The van der Waals surface area contributed by atoms with E-state index in [0.717, 1.165) is 41.9 Å². The molecule has 4 nitrogen and oxygen atoms in total. The van der Waals surface area contributed by atoms with Crippen LogP contribution in [-0.2, 0) is 16.8 Å². The fourth-order valence-electron chi connectivity index (χ4n) is 4.10. The largest absolute Gasteiger partial charge is 0.330 e. The van der Waals surface area contributed by atoms with Crippen molar-refractivity contribution in [1.29, 1.82) is 0 Å². The lowest BCUT2D eigenvalue weighted by atomic mass is 9.64. The third kappa shape index (κ3) is 3.82. The molecule has 29 heavy (non-hydrogen) atoms. The Labute approximate surface area is 170 Å². The molecule has 0 bridgehead atoms. The number of nitrogens with zero attached hydrogens (tertiary/aromatic N) is 2. The van der Waals surface area contributed by atoms with Crippen molar-refractivity contribution in [2.75, 3.05) is 5.32 Å². The fraction of sp³-hybridized carbons (Fsp3) is 0.333. The van der Waals surface area contributed by atoms with Gasteiger partial charge in [-0.3, -0.25) is 4.79 Å². The van der Waals surface area contributed by atoms with Crippen molar-refractivity contribution in [1.82, 2.24) is 9.55 Å². The van der Waals surface area contributed by atoms with Crippen LogP contribution in [0, 0.1) is 5.82 Å². The normalized spacial score (nSPS) is 15.2. The minimum absolute atomic E-state index is 0.0157. The summed E-state index contributed by atoms with van der Waals surface area (Å²) in [5.41, 5.74) is 2.22. The Bertz CT molecular complexity index is 1000. The first-order valence-electron chi connectivity index (χ1n) is 10.2. The summed E-state index contributed by atoms with van der Waals surface area (Å²) < 4.78 is 15.5. The van der Waals surface area contributed by atoms with Crippen LogP contribution >= 0.6 is 0 Å². The lowest BCUT2D eigenvalue weighted by Gasteiger charge is -2.40. The molecule has 2 aromatic carbocycles. The predicted molar refractivity (Wildman–Crippen MR) is 112 cm³/mol. The van der Waals surface area contributed by atoms with Gasteiger partial charge in [-0.2, -0.15) is 0 Å². The SMILES string of the molecule is CC(C)c1nccn1Cc1cccc(NC(=O)C2(c3ccc(F)cc3)CCC2)c1. The van der Waals surface area contributed by atoms with E-state index >= 15 is 0 Å². The van der Waals surface area contributed by atoms with E-state index < -0.39 is 5.41 Å². The van der Waals surface area contributed by atoms with Crippen LogP contribution in [0.1, 0.15) is 56.0 Å². The Kier molecular flexibility index (Phi) is 5.22. The van der Waals surface area contributed by atoms with E-state index in [1.807, 2.05) is 30.6 Å². The van der Waals surface area contributed by atoms with Gasteiger partial charge in [0.1, 0.15) is 11.6 Å². The van der Waals surface area contributed by atoms with Crippen molar-refractivity contribution >= 4 is 11.6 Å². The van der Waals surface area contributed by atoms with Crippen LogP contribution < -0.4 is 5.32 Å². The van der Waals surface area contributed by atoms with Crippen LogP contribution in [0.2, 0.25) is 0 Å². The topological polar surface area (TPSA) is 46.9 Å². The van der Waals surface area contributed by atoms with Gasteiger partial charge in [-0.05, 0) is 48.2 Å². The van der Waals surface area contributed by atoms with Crippen LogP contribution in [0.3, 0.4) is 0 Å². The van der Waals surface area contributed by atoms with Crippen LogP contribution in [0.25, 0.3) is 0 Å². The van der Waals surface area contributed by atoms with E-state index in [1.54, 1.807) is 12.1 Å². The highest BCUT2D eigenvalue weighted by Gasteiger charge is 2.45. The van der Waals surface area contributed by atoms with Crippen LogP contribution in [0.5, 0.6) is 0 Å². The van der Waals surface area contributed by atoms with Gasteiger partial charge in [-0.1, -0.05) is 44.5 Å². The van der Waals surface area contributed by atoms with Crippen molar-refractivity contribution in [2.24, 2.45) is 0 Å². The first-order valence-corrected chi connectivity index (χ1v) is 10.2. The third-order valence-corrected chi connectivity index (χ3v) is 5.84. The highest BCUT2D eigenvalue weighted by molar-refractivity contribution is 6.00. The molecule has 1 saturated carbocycles. The average Bonchev–Trinajstić information content (AvgIpc) is 3.11. The molecule has 150 valence electrons. The number of rotatable bonds is 6. The van der Waals surface area contributed by atoms with E-state index in [4.69, 9.17) is 0 Å². The van der Waals surface area contributed by atoms with Crippen LogP contribution in [0.15, 0.2) is 60.9 Å². The maximum atomic E-state index is 13.3. The van der Waals surface area contributed by atoms with Crippen LogP contribution in [-0.4, -0.2) is 15.5 Å². The minimum atomic E-state index is -0.557. The molecule has 3 aromatic rings. The summed E-state index contributed by atoms with van der Waals surface area (Å²) in [5.74, 6) is 1.10. The summed E-state index contributed by atoms with van der Waals surface area (Å²) in [6.45, 7) is 4.96. The second-order valence-electron chi connectivity index (χ2n) is 8.17. The van der Waals surface area contributed by atoms with Gasteiger partial charge in [-0.15, -0.1) is 0 Å². The second kappa shape index (κ2) is 7.82. The quantitative estimate of drug-likeness (QED) is 0.623. The van der Waals surface area contributed by atoms with Gasteiger partial charge in [0.2, 0.25) is 5.91 Å². The maximum Gasteiger partial charge on any atom is 0.235 e. The Morgan fingerprint density at radius 3 is 2.62 bits per heavy atom. The van der Waals surface area contributed by atoms with E-state index in [1.165, 1.54) is 12.1 Å². The molecule has 0 saturated heterocycles. The summed E-state index contributed by atoms with van der Waals surface area (Å²) >= 11 is 0. The number of hydrogen-bond donors (Lipinski definition) is 1. The molecular weight excluding hydrogens is 365 g/mol. The van der Waals surface area contributed by atoms with E-state index in [9.17, 15) is 9.18 Å². The fourth-order valence-corrected chi connectivity index (χ4v) is 4.10. The number of aromatic nitrogens is 2. The molecule has 1 fully saturated rings. The van der Waals surface area contributed by atoms with E-state index in [0.29, 0.717) is 12.5 Å². The van der Waals surface area contributed by atoms with Gasteiger partial charge >= 0.3 is 0 Å². The van der Waals surface area contributed by atoms with Gasteiger partial charge in [-0.25, -0.2) is 9.37 Å². The summed E-state index contributed by atoms with van der Waals surface area (Å²) in [6.07, 6.45) is 6.39. The van der Waals surface area contributed by atoms with Crippen molar-refractivity contribution in [3.8, 4) is 0 Å². The Hall–Kier alpha value is -2.95. The van der Waals surface area contributed by atoms with Crippen molar-refractivity contribution in [3.63, 3.8) is 0 Å². The number of amides is 1. The lowest BCUT2D eigenvalue weighted by Crippen LogP contribution is -2.46. The highest BCUT2D eigenvalue weighted by atomic mass is 19.1. The number of anilines is 1. The summed E-state index contributed by atoms with van der Waals surface area (Å²) in [6, 6.07) is 14.3. The van der Waals surface area contributed by atoms with Crippen molar-refractivity contribution < 1.29 is 9.18 Å². The van der Waals surface area contributed by atoms with Gasteiger partial charge in [0.15, 0.2) is 0 Å². The number of hydrogen-bond acceptors (Lipinski definition) is 2. The zero-order valence-corrected chi connectivity index (χ0v) is 16.9. The maximum absolute atomic E-state index is 13.3. The molecule has 1 aliphatic rings. The number of carbonyl (C=O) groups excluding carboxylic acids is 1. The van der Waals surface area contributed by atoms with E-state index in [-0.39, 0.29) is 11.7 Å². The van der Waals surface area contributed by atoms with Gasteiger partial charge in [0, 0.05) is 30.5 Å². The summed E-state index contributed by atoms with van der Waals surface area (Å²) in [7, 11) is 0. The molecule has 1 N–H and O–H groups in total. The molecule has 0 atom stereocenters. The third-order valence-electron chi connectivity index (χ3n) is 5.84. The first-order chi connectivity index (χ1) is 14.0. The molecule has 0 unspecified atom stereocenters. The summed E-state index contributed by atoms with van der Waals surface area (Å²) in [5, 5.41) is 3.10. The smallest absolute Gasteiger partial charge is 0.235 e. The van der Waals surface area contributed by atoms with Crippen molar-refractivity contribution in [3.05, 3.63) is 83.7 Å². The molecule has 1 aromatic heterocycles. The lowest BCUT2D eigenvalue weighted by molar-refractivity contribution is -0.124. The Morgan fingerprint density at radius 2 is 1.97 bits per heavy atom. The highest BCUT2D eigenvalue weighted by Crippen LogP contribution is 2.44. The number of halogens is 1. The molecule has 4 rings (SSSR count). The van der Waals surface area contributed by atoms with Crippen LogP contribution in [0.4, 0.5) is 10.1 Å². The monoisotopic (exact) mass is 391 g/mol. The number of benzene rings is 2. The zero-order valence-electron chi connectivity index (χ0n) is 16.9. The molecule has 0 spiro atoms.